The first-order chi connectivity index (χ1) is 17.1. The molecule has 0 radical (unpaired) electrons. The summed E-state index contributed by atoms with van der Waals surface area (Å²) < 4.78 is 0. The van der Waals surface area contributed by atoms with Crippen molar-refractivity contribution in [3.05, 3.63) is 101 Å². The van der Waals surface area contributed by atoms with E-state index < -0.39 is 11.8 Å². The van der Waals surface area contributed by atoms with Crippen molar-refractivity contribution in [2.75, 3.05) is 18.0 Å². The molecule has 174 valence electrons. The Bertz CT molecular complexity index is 1260. The van der Waals surface area contributed by atoms with E-state index in [0.29, 0.717) is 11.3 Å². The summed E-state index contributed by atoms with van der Waals surface area (Å²) in [6, 6.07) is 23.6. The number of nitrogens with zero attached hydrogens (tertiary/aromatic N) is 2. The van der Waals surface area contributed by atoms with E-state index in [1.807, 2.05) is 29.2 Å². The van der Waals surface area contributed by atoms with E-state index in [2.05, 4.69) is 24.3 Å². The van der Waals surface area contributed by atoms with Gasteiger partial charge in [-0.25, -0.2) is 4.90 Å². The van der Waals surface area contributed by atoms with Gasteiger partial charge in [-0.1, -0.05) is 48.5 Å². The molecule has 0 unspecified atom stereocenters. The quantitative estimate of drug-likeness (QED) is 0.519. The number of benzene rings is 3. The molecule has 3 aliphatic carbocycles. The van der Waals surface area contributed by atoms with E-state index in [9.17, 15) is 14.4 Å². The Morgan fingerprint density at radius 1 is 0.629 bits per heavy atom. The molecular formula is C30H26N2O3. The molecule has 0 aromatic heterocycles. The smallest absolute Gasteiger partial charge is 0.253 e. The third-order valence-electron chi connectivity index (χ3n) is 8.46. The summed E-state index contributed by atoms with van der Waals surface area (Å²) in [5, 5.41) is 0. The van der Waals surface area contributed by atoms with Gasteiger partial charge < -0.3 is 4.90 Å². The maximum atomic E-state index is 13.9. The number of piperidine rings is 1. The molecule has 3 amide bonds. The molecule has 3 aromatic rings. The number of likely N-dealkylation sites (tertiary alicyclic amines) is 1. The Morgan fingerprint density at radius 3 is 1.54 bits per heavy atom. The second kappa shape index (κ2) is 7.64. The van der Waals surface area contributed by atoms with Crippen LogP contribution >= 0.6 is 0 Å². The number of amides is 3. The second-order valence-electron chi connectivity index (χ2n) is 10.2. The van der Waals surface area contributed by atoms with Gasteiger partial charge in [-0.15, -0.1) is 0 Å². The van der Waals surface area contributed by atoms with E-state index in [0.717, 1.165) is 25.9 Å². The lowest BCUT2D eigenvalue weighted by atomic mass is 9.55. The number of carbonyl (C=O) groups excluding carboxylic acids is 3. The fourth-order valence-corrected chi connectivity index (χ4v) is 6.96. The zero-order chi connectivity index (χ0) is 23.7. The van der Waals surface area contributed by atoms with Gasteiger partial charge in [0, 0.05) is 30.5 Å². The molecule has 2 aliphatic heterocycles. The van der Waals surface area contributed by atoms with Gasteiger partial charge in [-0.3, -0.25) is 14.4 Å². The molecule has 2 fully saturated rings. The highest BCUT2D eigenvalue weighted by Crippen LogP contribution is 2.61. The largest absolute Gasteiger partial charge is 0.339 e. The minimum atomic E-state index is -0.396. The van der Waals surface area contributed by atoms with Crippen LogP contribution in [0.5, 0.6) is 0 Å². The van der Waals surface area contributed by atoms with Crippen molar-refractivity contribution in [2.45, 2.75) is 31.1 Å². The van der Waals surface area contributed by atoms with Crippen LogP contribution in [-0.4, -0.2) is 35.7 Å². The summed E-state index contributed by atoms with van der Waals surface area (Å²) in [6.45, 7) is 1.58. The van der Waals surface area contributed by atoms with Crippen molar-refractivity contribution in [2.24, 2.45) is 11.8 Å². The van der Waals surface area contributed by atoms with Crippen molar-refractivity contribution < 1.29 is 14.4 Å². The van der Waals surface area contributed by atoms with Gasteiger partial charge in [0.15, 0.2) is 0 Å². The predicted octanol–water partition coefficient (Wildman–Crippen LogP) is 4.71. The third-order valence-corrected chi connectivity index (χ3v) is 8.46. The summed E-state index contributed by atoms with van der Waals surface area (Å²) in [6.07, 6.45) is 3.24. The molecule has 0 saturated carbocycles. The highest BCUT2D eigenvalue weighted by atomic mass is 16.2. The Morgan fingerprint density at radius 2 is 1.09 bits per heavy atom. The van der Waals surface area contributed by atoms with Gasteiger partial charge in [0.25, 0.3) is 5.91 Å². The predicted molar refractivity (Wildman–Crippen MR) is 132 cm³/mol. The average molecular weight is 463 g/mol. The van der Waals surface area contributed by atoms with Crippen LogP contribution in [0.2, 0.25) is 0 Å². The average Bonchev–Trinajstić information content (AvgIpc) is 3.19. The van der Waals surface area contributed by atoms with Gasteiger partial charge in [0.05, 0.1) is 17.5 Å². The summed E-state index contributed by atoms with van der Waals surface area (Å²) in [7, 11) is 0. The first-order valence-corrected chi connectivity index (χ1v) is 12.6. The van der Waals surface area contributed by atoms with Crippen LogP contribution in [0.15, 0.2) is 72.8 Å². The summed E-state index contributed by atoms with van der Waals surface area (Å²) in [5.74, 6) is -1.26. The lowest BCUT2D eigenvalue weighted by molar-refractivity contribution is -0.122. The molecule has 0 spiro atoms. The highest BCUT2D eigenvalue weighted by Gasteiger charge is 2.61. The maximum absolute atomic E-state index is 13.9. The van der Waals surface area contributed by atoms with E-state index in [-0.39, 0.29) is 29.6 Å². The molecule has 5 heteroatoms. The van der Waals surface area contributed by atoms with Crippen LogP contribution in [0.3, 0.4) is 0 Å². The van der Waals surface area contributed by atoms with Gasteiger partial charge in [-0.05, 0) is 65.8 Å². The van der Waals surface area contributed by atoms with Gasteiger partial charge in [0.1, 0.15) is 0 Å². The normalized spacial score (nSPS) is 26.4. The zero-order valence-electron chi connectivity index (χ0n) is 19.4. The van der Waals surface area contributed by atoms with Crippen molar-refractivity contribution in [1.82, 2.24) is 4.90 Å². The van der Waals surface area contributed by atoms with Crippen LogP contribution in [0.25, 0.3) is 0 Å². The number of imide groups is 1. The maximum Gasteiger partial charge on any atom is 0.253 e. The van der Waals surface area contributed by atoms with Crippen LogP contribution in [0.4, 0.5) is 5.69 Å². The van der Waals surface area contributed by atoms with Crippen molar-refractivity contribution in [3.63, 3.8) is 0 Å². The van der Waals surface area contributed by atoms with E-state index >= 15 is 0 Å². The number of anilines is 1. The molecule has 3 aromatic carbocycles. The lowest BCUT2D eigenvalue weighted by Crippen LogP contribution is -2.41. The number of rotatable bonds is 2. The van der Waals surface area contributed by atoms with Crippen LogP contribution in [0, 0.1) is 11.8 Å². The van der Waals surface area contributed by atoms with Gasteiger partial charge >= 0.3 is 0 Å². The first kappa shape index (κ1) is 20.6. The van der Waals surface area contributed by atoms with Crippen LogP contribution in [-0.2, 0) is 9.59 Å². The summed E-state index contributed by atoms with van der Waals surface area (Å²) >= 11 is 0. The van der Waals surface area contributed by atoms with Crippen LogP contribution in [0.1, 0.15) is 63.7 Å². The molecular weight excluding hydrogens is 436 g/mol. The molecule has 2 heterocycles. The lowest BCUT2D eigenvalue weighted by Gasteiger charge is -2.45. The molecule has 2 atom stereocenters. The van der Waals surface area contributed by atoms with Gasteiger partial charge in [0.2, 0.25) is 11.8 Å². The topological polar surface area (TPSA) is 57.7 Å². The monoisotopic (exact) mass is 462 g/mol. The number of hydrogen-bond acceptors (Lipinski definition) is 3. The van der Waals surface area contributed by atoms with Crippen molar-refractivity contribution >= 4 is 23.4 Å². The molecule has 8 rings (SSSR count). The molecule has 35 heavy (non-hydrogen) atoms. The Balaban J connectivity index is 1.25. The molecule has 2 saturated heterocycles. The first-order valence-electron chi connectivity index (χ1n) is 12.6. The molecule has 2 bridgehead atoms. The third kappa shape index (κ3) is 2.84. The summed E-state index contributed by atoms with van der Waals surface area (Å²) in [5.41, 5.74) is 5.83. The highest BCUT2D eigenvalue weighted by molar-refractivity contribution is 6.23. The standard InChI is InChI=1S/C30H26N2O3/c33-28(31-16-6-1-7-17-31)18-12-14-19(15-13-18)32-29(34)26-24-20-8-2-3-9-21(20)25(27(26)30(32)35)23-11-5-4-10-22(23)24/h2-5,8-15,24-27H,1,6-7,16-17H2/t24?,25?,26-,27+. The van der Waals surface area contributed by atoms with Crippen molar-refractivity contribution in [3.8, 4) is 0 Å². The van der Waals surface area contributed by atoms with Crippen LogP contribution < -0.4 is 4.90 Å². The Labute approximate surface area is 204 Å². The van der Waals surface area contributed by atoms with E-state index in [1.54, 1.807) is 24.3 Å². The fraction of sp³-hybridized carbons (Fsp3) is 0.300. The molecule has 5 aliphatic rings. The van der Waals surface area contributed by atoms with Crippen molar-refractivity contribution in [1.29, 1.82) is 0 Å². The molecule has 5 nitrogen and oxygen atoms in total. The number of carbonyl (C=O) groups is 3. The SMILES string of the molecule is O=C(c1ccc(N2C(=O)[C@@H]3C4c5ccccc5C(c5ccccc54)[C@@H]3C2=O)cc1)N1CCCCC1. The minimum absolute atomic E-state index is 0.0212. The van der Waals surface area contributed by atoms with E-state index in [4.69, 9.17) is 0 Å². The molecule has 0 N–H and O–H groups in total. The zero-order valence-corrected chi connectivity index (χ0v) is 19.4. The fourth-order valence-electron chi connectivity index (χ4n) is 6.96. The summed E-state index contributed by atoms with van der Waals surface area (Å²) in [4.78, 5) is 43.9. The number of hydrogen-bond donors (Lipinski definition) is 0. The van der Waals surface area contributed by atoms with E-state index in [1.165, 1.54) is 33.6 Å². The minimum Gasteiger partial charge on any atom is -0.339 e. The second-order valence-corrected chi connectivity index (χ2v) is 10.2. The Kier molecular flexibility index (Phi) is 4.50. The van der Waals surface area contributed by atoms with Gasteiger partial charge in [-0.2, -0.15) is 0 Å². The Hall–Kier alpha value is -3.73.